The lowest BCUT2D eigenvalue weighted by Gasteiger charge is -2.35. The molecule has 0 aromatic heterocycles. The quantitative estimate of drug-likeness (QED) is 0.827. The molecular formula is C20H21ClN2O4S. The fourth-order valence-corrected chi connectivity index (χ4v) is 5.99. The summed E-state index contributed by atoms with van der Waals surface area (Å²) in [5.74, 6) is -0.244. The topological polar surface area (TPSA) is 77.9 Å². The highest BCUT2D eigenvalue weighted by molar-refractivity contribution is 7.89. The monoisotopic (exact) mass is 420 g/mol. The van der Waals surface area contributed by atoms with Crippen molar-refractivity contribution >= 4 is 27.5 Å². The summed E-state index contributed by atoms with van der Waals surface area (Å²) >= 11 is 6.06. The van der Waals surface area contributed by atoms with Gasteiger partial charge in [0.2, 0.25) is 15.9 Å². The van der Waals surface area contributed by atoms with Crippen molar-refractivity contribution in [2.24, 2.45) is 0 Å². The van der Waals surface area contributed by atoms with Crippen LogP contribution in [-0.4, -0.2) is 54.8 Å². The second-order valence-electron chi connectivity index (χ2n) is 7.10. The van der Waals surface area contributed by atoms with Crippen LogP contribution in [0.3, 0.4) is 0 Å². The molecule has 1 heterocycles. The molecule has 1 saturated heterocycles. The number of halogens is 1. The Bertz CT molecular complexity index is 1020. The number of sulfonamides is 1. The van der Waals surface area contributed by atoms with Gasteiger partial charge < -0.3 is 10.0 Å². The Morgan fingerprint density at radius 3 is 2.46 bits per heavy atom. The molecule has 0 unspecified atom stereocenters. The minimum Gasteiger partial charge on any atom is -0.508 e. The number of fused-ring (bicyclic) bond motifs is 1. The molecule has 6 nitrogen and oxygen atoms in total. The summed E-state index contributed by atoms with van der Waals surface area (Å²) in [5, 5.41) is 10.4. The van der Waals surface area contributed by atoms with Crippen molar-refractivity contribution in [3.63, 3.8) is 0 Å². The summed E-state index contributed by atoms with van der Waals surface area (Å²) in [4.78, 5) is 14.8. The highest BCUT2D eigenvalue weighted by Gasteiger charge is 2.37. The smallest absolute Gasteiger partial charge is 0.244 e. The Morgan fingerprint density at radius 1 is 1.04 bits per heavy atom. The van der Waals surface area contributed by atoms with Gasteiger partial charge in [0.15, 0.2) is 0 Å². The first-order chi connectivity index (χ1) is 13.4. The molecule has 28 heavy (non-hydrogen) atoms. The molecular weight excluding hydrogens is 400 g/mol. The van der Waals surface area contributed by atoms with Crippen molar-refractivity contribution in [3.8, 4) is 5.75 Å². The molecule has 0 radical (unpaired) electrons. The van der Waals surface area contributed by atoms with E-state index in [4.69, 9.17) is 11.6 Å². The summed E-state index contributed by atoms with van der Waals surface area (Å²) in [5.41, 5.74) is 1.73. The maximum atomic E-state index is 13.0. The van der Waals surface area contributed by atoms with Crippen LogP contribution >= 0.6 is 11.6 Å². The minimum absolute atomic E-state index is 0.0463. The Labute approximate surface area is 169 Å². The van der Waals surface area contributed by atoms with E-state index in [1.165, 1.54) is 10.4 Å². The van der Waals surface area contributed by atoms with Crippen LogP contribution in [-0.2, 0) is 21.2 Å². The number of amides is 1. The van der Waals surface area contributed by atoms with Gasteiger partial charge in [-0.05, 0) is 36.6 Å². The van der Waals surface area contributed by atoms with Crippen molar-refractivity contribution < 1.29 is 18.3 Å². The molecule has 1 atom stereocenters. The van der Waals surface area contributed by atoms with Crippen LogP contribution in [0.4, 0.5) is 0 Å². The number of phenolic OH excluding ortho intramolecular Hbond substituents is 1. The number of aromatic hydroxyl groups is 1. The maximum absolute atomic E-state index is 13.0. The molecule has 1 fully saturated rings. The molecule has 8 heteroatoms. The minimum atomic E-state index is -3.69. The SMILES string of the molecule is O=C([C@H]1CCc2cccc(O)c21)N1CCN(S(=O)(=O)c2ccccc2Cl)CC1. The third kappa shape index (κ3) is 3.27. The third-order valence-electron chi connectivity index (χ3n) is 5.53. The first kappa shape index (κ1) is 19.2. The van der Waals surface area contributed by atoms with Crippen molar-refractivity contribution in [2.45, 2.75) is 23.7 Å². The van der Waals surface area contributed by atoms with E-state index in [2.05, 4.69) is 0 Å². The molecule has 0 bridgehead atoms. The van der Waals surface area contributed by atoms with E-state index in [1.807, 2.05) is 6.07 Å². The molecule has 0 saturated carbocycles. The Balaban J connectivity index is 1.47. The Kier molecular flexibility index (Phi) is 5.07. The van der Waals surface area contributed by atoms with Gasteiger partial charge in [0.05, 0.1) is 10.9 Å². The van der Waals surface area contributed by atoms with Gasteiger partial charge in [0.1, 0.15) is 10.6 Å². The lowest BCUT2D eigenvalue weighted by Crippen LogP contribution is -2.51. The zero-order valence-electron chi connectivity index (χ0n) is 15.2. The van der Waals surface area contributed by atoms with Crippen molar-refractivity contribution in [3.05, 3.63) is 58.6 Å². The van der Waals surface area contributed by atoms with E-state index in [0.717, 1.165) is 17.5 Å². The van der Waals surface area contributed by atoms with E-state index in [0.29, 0.717) is 19.5 Å². The van der Waals surface area contributed by atoms with Crippen molar-refractivity contribution in [1.29, 1.82) is 0 Å². The summed E-state index contributed by atoms with van der Waals surface area (Å²) in [6.07, 6.45) is 1.44. The zero-order valence-corrected chi connectivity index (χ0v) is 16.8. The average molecular weight is 421 g/mol. The second kappa shape index (κ2) is 7.39. The molecule has 0 spiro atoms. The summed E-state index contributed by atoms with van der Waals surface area (Å²) in [6, 6.07) is 11.7. The fourth-order valence-electron chi connectivity index (χ4n) is 4.07. The number of carbonyl (C=O) groups is 1. The molecule has 1 aliphatic carbocycles. The van der Waals surface area contributed by atoms with Crippen LogP contribution in [0, 0.1) is 0 Å². The Morgan fingerprint density at radius 2 is 1.75 bits per heavy atom. The number of phenols is 1. The summed E-state index contributed by atoms with van der Waals surface area (Å²) in [7, 11) is -3.69. The van der Waals surface area contributed by atoms with Gasteiger partial charge in [0, 0.05) is 31.7 Å². The van der Waals surface area contributed by atoms with Gasteiger partial charge in [-0.1, -0.05) is 35.9 Å². The van der Waals surface area contributed by atoms with Crippen LogP contribution in [0.2, 0.25) is 5.02 Å². The fraction of sp³-hybridized carbons (Fsp3) is 0.350. The highest BCUT2D eigenvalue weighted by atomic mass is 35.5. The Hall–Kier alpha value is -2.09. The van der Waals surface area contributed by atoms with E-state index in [-0.39, 0.29) is 40.6 Å². The predicted molar refractivity (Wildman–Crippen MR) is 106 cm³/mol. The summed E-state index contributed by atoms with van der Waals surface area (Å²) in [6.45, 7) is 1.09. The van der Waals surface area contributed by atoms with E-state index in [9.17, 15) is 18.3 Å². The molecule has 1 N–H and O–H groups in total. The number of aryl methyl sites for hydroxylation is 1. The number of rotatable bonds is 3. The van der Waals surface area contributed by atoms with Gasteiger partial charge >= 0.3 is 0 Å². The van der Waals surface area contributed by atoms with Crippen molar-refractivity contribution in [2.75, 3.05) is 26.2 Å². The number of piperazine rings is 1. The van der Waals surface area contributed by atoms with Crippen LogP contribution in [0.1, 0.15) is 23.5 Å². The number of carbonyl (C=O) groups excluding carboxylic acids is 1. The number of benzene rings is 2. The lowest BCUT2D eigenvalue weighted by molar-refractivity contribution is -0.134. The molecule has 1 amide bonds. The normalized spacial score (nSPS) is 20.2. The van der Waals surface area contributed by atoms with E-state index < -0.39 is 10.0 Å². The lowest BCUT2D eigenvalue weighted by atomic mass is 9.98. The summed E-state index contributed by atoms with van der Waals surface area (Å²) < 4.78 is 27.1. The largest absolute Gasteiger partial charge is 0.508 e. The van der Waals surface area contributed by atoms with E-state index >= 15 is 0 Å². The highest BCUT2D eigenvalue weighted by Crippen LogP contribution is 2.40. The van der Waals surface area contributed by atoms with Crippen LogP contribution in [0.5, 0.6) is 5.75 Å². The second-order valence-corrected chi connectivity index (χ2v) is 9.41. The first-order valence-electron chi connectivity index (χ1n) is 9.24. The van der Waals surface area contributed by atoms with Gasteiger partial charge in [0.25, 0.3) is 0 Å². The molecule has 2 aliphatic rings. The maximum Gasteiger partial charge on any atom is 0.244 e. The standard InChI is InChI=1S/C20H21ClN2O4S/c21-16-5-1-2-7-18(16)28(26,27)23-12-10-22(11-13-23)20(25)15-9-8-14-4-3-6-17(24)19(14)15/h1-7,15,24H,8-13H2/t15-/m0/s1. The van der Waals surface area contributed by atoms with Gasteiger partial charge in [-0.15, -0.1) is 0 Å². The van der Waals surface area contributed by atoms with Gasteiger partial charge in [-0.3, -0.25) is 4.79 Å². The first-order valence-corrected chi connectivity index (χ1v) is 11.1. The molecule has 1 aliphatic heterocycles. The van der Waals surface area contributed by atoms with Crippen molar-refractivity contribution in [1.82, 2.24) is 9.21 Å². The van der Waals surface area contributed by atoms with Crippen LogP contribution in [0.25, 0.3) is 0 Å². The van der Waals surface area contributed by atoms with Crippen LogP contribution in [0.15, 0.2) is 47.4 Å². The molecule has 4 rings (SSSR count). The van der Waals surface area contributed by atoms with E-state index in [1.54, 1.807) is 35.2 Å². The average Bonchev–Trinajstić information content (AvgIpc) is 3.13. The predicted octanol–water partition coefficient (Wildman–Crippen LogP) is 2.61. The van der Waals surface area contributed by atoms with Crippen LogP contribution < -0.4 is 0 Å². The number of hydrogen-bond donors (Lipinski definition) is 1. The molecule has 2 aromatic rings. The zero-order chi connectivity index (χ0) is 19.9. The number of nitrogens with zero attached hydrogens (tertiary/aromatic N) is 2. The molecule has 2 aromatic carbocycles. The van der Waals surface area contributed by atoms with Gasteiger partial charge in [-0.25, -0.2) is 8.42 Å². The molecule has 148 valence electrons. The number of hydrogen-bond acceptors (Lipinski definition) is 4. The van der Waals surface area contributed by atoms with Gasteiger partial charge in [-0.2, -0.15) is 4.31 Å². The third-order valence-corrected chi connectivity index (χ3v) is 7.93.